The van der Waals surface area contributed by atoms with Crippen molar-refractivity contribution >= 4 is 38.9 Å². The van der Waals surface area contributed by atoms with E-state index in [2.05, 4.69) is 126 Å². The standard InChI is InChI=1S/C39H43NO3Si2/c1-30(43-45(39(2,3)4,33-22-13-9-14-23-33)34-24-15-10-16-25-34)37-29-31-19-17-18-26-35(31)36(27-28-44(5,6)7)40(37)38(41)42-32-20-11-8-12-21-32/h8-26,29-30,36H,1-7H3/t30-,36+/m1/s1. The van der Waals surface area contributed by atoms with Gasteiger partial charge in [-0.15, -0.1) is 5.54 Å². The van der Waals surface area contributed by atoms with Gasteiger partial charge in [0.2, 0.25) is 0 Å². The van der Waals surface area contributed by atoms with E-state index in [-0.39, 0.29) is 5.04 Å². The van der Waals surface area contributed by atoms with Crippen LogP contribution in [0.3, 0.4) is 0 Å². The quantitative estimate of drug-likeness (QED) is 0.159. The summed E-state index contributed by atoms with van der Waals surface area (Å²) in [6, 6.07) is 38.1. The summed E-state index contributed by atoms with van der Waals surface area (Å²) in [5.41, 5.74) is 6.29. The Morgan fingerprint density at radius 3 is 1.82 bits per heavy atom. The summed E-state index contributed by atoms with van der Waals surface area (Å²) in [6.07, 6.45) is 1.13. The van der Waals surface area contributed by atoms with E-state index in [4.69, 9.17) is 9.16 Å². The number of carbonyl (C=O) groups is 1. The molecule has 0 unspecified atom stereocenters. The highest BCUT2D eigenvalue weighted by Gasteiger charge is 2.52. The van der Waals surface area contributed by atoms with E-state index in [9.17, 15) is 4.79 Å². The molecular formula is C39H43NO3Si2. The van der Waals surface area contributed by atoms with E-state index in [1.165, 1.54) is 10.4 Å². The molecule has 0 N–H and O–H groups in total. The molecule has 0 spiro atoms. The van der Waals surface area contributed by atoms with Crippen molar-refractivity contribution in [3.63, 3.8) is 0 Å². The molecule has 45 heavy (non-hydrogen) atoms. The van der Waals surface area contributed by atoms with Crippen LogP contribution in [-0.2, 0) is 4.43 Å². The normalized spacial score (nSPS) is 15.7. The molecule has 5 rings (SSSR count). The van der Waals surface area contributed by atoms with E-state index < -0.39 is 34.6 Å². The second-order valence-electron chi connectivity index (χ2n) is 13.6. The summed E-state index contributed by atoms with van der Waals surface area (Å²) >= 11 is 0. The fourth-order valence-electron chi connectivity index (χ4n) is 6.01. The second-order valence-corrected chi connectivity index (χ2v) is 22.6. The van der Waals surface area contributed by atoms with Crippen molar-refractivity contribution < 1.29 is 14.0 Å². The van der Waals surface area contributed by atoms with E-state index in [1.807, 2.05) is 42.5 Å². The minimum atomic E-state index is -2.95. The van der Waals surface area contributed by atoms with Gasteiger partial charge in [0.25, 0.3) is 8.32 Å². The highest BCUT2D eigenvalue weighted by Crippen LogP contribution is 2.41. The third kappa shape index (κ3) is 6.91. The number of nitrogens with zero attached hydrogens (tertiary/aromatic N) is 1. The van der Waals surface area contributed by atoms with Gasteiger partial charge in [0.1, 0.15) is 19.9 Å². The number of hydrogen-bond acceptors (Lipinski definition) is 3. The van der Waals surface area contributed by atoms with Gasteiger partial charge in [-0.05, 0) is 51.7 Å². The van der Waals surface area contributed by atoms with Gasteiger partial charge >= 0.3 is 6.09 Å². The molecule has 0 saturated heterocycles. The number of rotatable bonds is 6. The minimum Gasteiger partial charge on any atom is -0.410 e. The third-order valence-electron chi connectivity index (χ3n) is 8.05. The van der Waals surface area contributed by atoms with Gasteiger partial charge in [0.15, 0.2) is 0 Å². The van der Waals surface area contributed by atoms with Gasteiger partial charge in [-0.2, -0.15) is 0 Å². The molecule has 0 aliphatic carbocycles. The maximum absolute atomic E-state index is 14.3. The Labute approximate surface area is 270 Å². The van der Waals surface area contributed by atoms with Crippen LogP contribution in [0.25, 0.3) is 6.08 Å². The summed E-state index contributed by atoms with van der Waals surface area (Å²) in [5.74, 6) is 4.01. The van der Waals surface area contributed by atoms with Crippen LogP contribution in [0.1, 0.15) is 44.9 Å². The van der Waals surface area contributed by atoms with Crippen molar-refractivity contribution in [2.75, 3.05) is 0 Å². The molecule has 0 bridgehead atoms. The van der Waals surface area contributed by atoms with Crippen LogP contribution in [0.5, 0.6) is 5.75 Å². The first-order valence-corrected chi connectivity index (χ1v) is 21.0. The molecular weight excluding hydrogens is 587 g/mol. The zero-order valence-corrected chi connectivity index (χ0v) is 29.4. The number of amides is 1. The molecule has 1 aliphatic heterocycles. The Morgan fingerprint density at radius 1 is 0.778 bits per heavy atom. The van der Waals surface area contributed by atoms with Crippen molar-refractivity contribution in [1.82, 2.24) is 4.90 Å². The average molecular weight is 630 g/mol. The Morgan fingerprint density at radius 2 is 1.29 bits per heavy atom. The zero-order chi connectivity index (χ0) is 32.2. The smallest absolute Gasteiger partial charge is 0.410 e. The molecule has 4 nitrogen and oxygen atoms in total. The first kappa shape index (κ1) is 32.2. The predicted molar refractivity (Wildman–Crippen MR) is 191 cm³/mol. The van der Waals surface area contributed by atoms with Gasteiger partial charge in [-0.3, -0.25) is 4.90 Å². The third-order valence-corrected chi connectivity index (χ3v) is 14.1. The molecule has 4 aromatic carbocycles. The lowest BCUT2D eigenvalue weighted by molar-refractivity contribution is 0.135. The number of hydrogen-bond donors (Lipinski definition) is 0. The van der Waals surface area contributed by atoms with Crippen LogP contribution in [0.2, 0.25) is 24.7 Å². The van der Waals surface area contributed by atoms with Gasteiger partial charge in [0.05, 0.1) is 11.8 Å². The number of ether oxygens (including phenoxy) is 1. The lowest BCUT2D eigenvalue weighted by atomic mass is 9.93. The second kappa shape index (κ2) is 13.1. The molecule has 4 aromatic rings. The molecule has 2 atom stereocenters. The molecule has 1 amide bonds. The number of benzene rings is 4. The fraction of sp³-hybridized carbons (Fsp3) is 0.256. The summed E-state index contributed by atoms with van der Waals surface area (Å²) in [5, 5.41) is 2.13. The topological polar surface area (TPSA) is 38.8 Å². The Hall–Kier alpha value is -4.16. The zero-order valence-electron chi connectivity index (χ0n) is 27.4. The lowest BCUT2D eigenvalue weighted by Crippen LogP contribution is -2.68. The predicted octanol–water partition coefficient (Wildman–Crippen LogP) is 8.43. The summed E-state index contributed by atoms with van der Waals surface area (Å²) in [7, 11) is -4.73. The Balaban J connectivity index is 1.69. The van der Waals surface area contributed by atoms with Crippen LogP contribution in [-0.4, -0.2) is 33.5 Å². The van der Waals surface area contributed by atoms with Crippen LogP contribution in [0, 0.1) is 11.5 Å². The number of carbonyl (C=O) groups excluding carboxylic acids is 1. The van der Waals surface area contributed by atoms with Crippen molar-refractivity contribution in [3.05, 3.63) is 132 Å². The monoisotopic (exact) mass is 629 g/mol. The number of para-hydroxylation sites is 1. The SMILES string of the molecule is C[C@@H](O[Si](c1ccccc1)(c1ccccc1)C(C)(C)C)C1=Cc2ccccc2[C@H](C#C[Si](C)(C)C)N1C(=O)Oc1ccccc1. The molecule has 0 aromatic heterocycles. The molecule has 0 saturated carbocycles. The van der Waals surface area contributed by atoms with Crippen molar-refractivity contribution in [3.8, 4) is 17.2 Å². The number of fused-ring (bicyclic) bond motifs is 1. The van der Waals surface area contributed by atoms with E-state index in [0.29, 0.717) is 5.75 Å². The first-order chi connectivity index (χ1) is 21.4. The average Bonchev–Trinajstić information content (AvgIpc) is 3.02. The van der Waals surface area contributed by atoms with Gasteiger partial charge < -0.3 is 9.16 Å². The fourth-order valence-corrected chi connectivity index (χ4v) is 11.3. The van der Waals surface area contributed by atoms with Gasteiger partial charge in [0, 0.05) is 0 Å². The van der Waals surface area contributed by atoms with Crippen LogP contribution < -0.4 is 15.1 Å². The maximum atomic E-state index is 14.3. The van der Waals surface area contributed by atoms with Crippen molar-refractivity contribution in [1.29, 1.82) is 0 Å². The summed E-state index contributed by atoms with van der Waals surface area (Å²) in [4.78, 5) is 16.0. The highest BCUT2D eigenvalue weighted by atomic mass is 28.4. The molecule has 1 aliphatic rings. The largest absolute Gasteiger partial charge is 0.420 e. The van der Waals surface area contributed by atoms with Crippen molar-refractivity contribution in [2.45, 2.75) is 64.5 Å². The van der Waals surface area contributed by atoms with E-state index in [0.717, 1.165) is 16.8 Å². The van der Waals surface area contributed by atoms with E-state index >= 15 is 0 Å². The summed E-state index contributed by atoms with van der Waals surface area (Å²) in [6.45, 7) is 15.5. The van der Waals surface area contributed by atoms with E-state index in [1.54, 1.807) is 17.0 Å². The lowest BCUT2D eigenvalue weighted by Gasteiger charge is -2.46. The van der Waals surface area contributed by atoms with Gasteiger partial charge in [-0.25, -0.2) is 4.79 Å². The molecule has 6 heteroatoms. The van der Waals surface area contributed by atoms with Crippen LogP contribution in [0.15, 0.2) is 121 Å². The molecule has 0 fully saturated rings. The van der Waals surface area contributed by atoms with Crippen LogP contribution >= 0.6 is 0 Å². The van der Waals surface area contributed by atoms with Gasteiger partial charge in [-0.1, -0.05) is 149 Å². The Bertz CT molecular complexity index is 1670. The highest BCUT2D eigenvalue weighted by molar-refractivity contribution is 6.99. The minimum absolute atomic E-state index is 0.233. The first-order valence-electron chi connectivity index (χ1n) is 15.6. The van der Waals surface area contributed by atoms with Crippen molar-refractivity contribution in [2.24, 2.45) is 0 Å². The van der Waals surface area contributed by atoms with Crippen LogP contribution in [0.4, 0.5) is 4.79 Å². The molecule has 1 heterocycles. The maximum Gasteiger partial charge on any atom is 0.420 e. The Kier molecular flexibility index (Phi) is 9.36. The summed E-state index contributed by atoms with van der Waals surface area (Å²) < 4.78 is 13.6. The molecule has 0 radical (unpaired) electrons. The molecule has 230 valence electrons.